The van der Waals surface area contributed by atoms with Gasteiger partial charge in [-0.2, -0.15) is 10.4 Å². The van der Waals surface area contributed by atoms with E-state index in [1.807, 2.05) is 32.0 Å². The zero-order chi connectivity index (χ0) is 31.6. The first-order valence-corrected chi connectivity index (χ1v) is 15.2. The van der Waals surface area contributed by atoms with Gasteiger partial charge in [-0.05, 0) is 57.0 Å². The zero-order valence-corrected chi connectivity index (χ0v) is 25.4. The second-order valence-electron chi connectivity index (χ2n) is 12.0. The van der Waals surface area contributed by atoms with Crippen LogP contribution in [0.2, 0.25) is 0 Å². The number of para-hydroxylation sites is 1. The SMILES string of the molecule is CC(C)(C=C(C#N)C(=O)N1CCC[C@@H](c2nc(N)c3c(-c4ccc(Oc5ccccc5)cc4F)n[nH]c3n2)C1)N1CCNCC1. The van der Waals surface area contributed by atoms with Crippen molar-refractivity contribution in [2.75, 3.05) is 45.0 Å². The van der Waals surface area contributed by atoms with E-state index in [4.69, 9.17) is 15.5 Å². The molecule has 0 radical (unpaired) electrons. The van der Waals surface area contributed by atoms with Crippen LogP contribution in [0.4, 0.5) is 10.2 Å². The number of aromatic amines is 1. The lowest BCUT2D eigenvalue weighted by Crippen LogP contribution is -2.53. The lowest BCUT2D eigenvalue weighted by molar-refractivity contribution is -0.128. The highest BCUT2D eigenvalue weighted by Crippen LogP contribution is 2.35. The third-order valence-corrected chi connectivity index (χ3v) is 8.49. The van der Waals surface area contributed by atoms with Gasteiger partial charge in [-0.15, -0.1) is 0 Å². The lowest BCUT2D eigenvalue weighted by Gasteiger charge is -2.39. The van der Waals surface area contributed by atoms with Crippen LogP contribution >= 0.6 is 0 Å². The van der Waals surface area contributed by atoms with E-state index in [1.54, 1.807) is 35.2 Å². The Balaban J connectivity index is 1.21. The van der Waals surface area contributed by atoms with E-state index in [0.717, 1.165) is 39.0 Å². The Morgan fingerprint density at radius 2 is 1.91 bits per heavy atom. The Labute approximate surface area is 260 Å². The van der Waals surface area contributed by atoms with Crippen molar-refractivity contribution in [2.45, 2.75) is 38.1 Å². The van der Waals surface area contributed by atoms with E-state index in [-0.39, 0.29) is 28.8 Å². The summed E-state index contributed by atoms with van der Waals surface area (Å²) in [5, 5.41) is 20.9. The number of nitrogens with one attached hydrogen (secondary N) is 2. The number of rotatable bonds is 7. The van der Waals surface area contributed by atoms with Crippen LogP contribution < -0.4 is 15.8 Å². The smallest absolute Gasteiger partial charge is 0.264 e. The van der Waals surface area contributed by atoms with Gasteiger partial charge in [0, 0.05) is 62.4 Å². The quantitative estimate of drug-likeness (QED) is 0.205. The number of fused-ring (bicyclic) bond motifs is 1. The van der Waals surface area contributed by atoms with Crippen LogP contribution in [-0.4, -0.2) is 80.7 Å². The average Bonchev–Trinajstić information content (AvgIpc) is 3.49. The molecule has 232 valence electrons. The zero-order valence-electron chi connectivity index (χ0n) is 25.4. The summed E-state index contributed by atoms with van der Waals surface area (Å²) >= 11 is 0. The number of carbonyl (C=O) groups is 1. The van der Waals surface area contributed by atoms with Crippen molar-refractivity contribution in [3.63, 3.8) is 0 Å². The first-order chi connectivity index (χ1) is 21.7. The van der Waals surface area contributed by atoms with Gasteiger partial charge in [0.15, 0.2) is 5.65 Å². The van der Waals surface area contributed by atoms with Crippen molar-refractivity contribution in [3.05, 3.63) is 71.8 Å². The summed E-state index contributed by atoms with van der Waals surface area (Å²) in [6.45, 7) is 8.40. The third kappa shape index (κ3) is 6.36. The van der Waals surface area contributed by atoms with Crippen LogP contribution in [0, 0.1) is 17.1 Å². The molecule has 0 unspecified atom stereocenters. The number of aromatic nitrogens is 4. The molecule has 0 aliphatic carbocycles. The maximum atomic E-state index is 15.3. The van der Waals surface area contributed by atoms with Crippen molar-refractivity contribution in [2.24, 2.45) is 0 Å². The van der Waals surface area contributed by atoms with Crippen molar-refractivity contribution in [1.29, 1.82) is 5.26 Å². The second kappa shape index (κ2) is 12.6. The van der Waals surface area contributed by atoms with Gasteiger partial charge >= 0.3 is 0 Å². The number of nitrogen functional groups attached to an aromatic ring is 1. The number of halogens is 1. The van der Waals surface area contributed by atoms with E-state index in [1.165, 1.54) is 6.07 Å². The van der Waals surface area contributed by atoms with Crippen LogP contribution in [0.25, 0.3) is 22.3 Å². The predicted molar refractivity (Wildman–Crippen MR) is 169 cm³/mol. The van der Waals surface area contributed by atoms with Crippen LogP contribution in [0.1, 0.15) is 38.4 Å². The number of carbonyl (C=O) groups excluding carboxylic acids is 1. The predicted octanol–water partition coefficient (Wildman–Crippen LogP) is 4.37. The summed E-state index contributed by atoms with van der Waals surface area (Å²) in [6.07, 6.45) is 3.27. The summed E-state index contributed by atoms with van der Waals surface area (Å²) in [5.41, 5.74) is 7.05. The number of hydrogen-bond acceptors (Lipinski definition) is 9. The van der Waals surface area contributed by atoms with Gasteiger partial charge in [0.05, 0.1) is 5.39 Å². The number of H-pyrrole nitrogens is 1. The van der Waals surface area contributed by atoms with Crippen molar-refractivity contribution < 1.29 is 13.9 Å². The number of ether oxygens (including phenoxy) is 1. The number of hydrogen-bond donors (Lipinski definition) is 3. The molecule has 2 aliphatic rings. The molecule has 2 fully saturated rings. The Kier molecular flexibility index (Phi) is 8.47. The number of nitrogens with two attached hydrogens (primary N) is 1. The summed E-state index contributed by atoms with van der Waals surface area (Å²) in [5.74, 6) is 0.592. The Bertz CT molecular complexity index is 1770. The molecule has 12 heteroatoms. The topological polar surface area (TPSA) is 149 Å². The van der Waals surface area contributed by atoms with E-state index in [2.05, 4.69) is 31.5 Å². The first-order valence-electron chi connectivity index (χ1n) is 15.2. The Hall–Kier alpha value is -4.86. The van der Waals surface area contributed by atoms with E-state index in [0.29, 0.717) is 47.1 Å². The number of nitriles is 1. The highest BCUT2D eigenvalue weighted by Gasteiger charge is 2.32. The highest BCUT2D eigenvalue weighted by atomic mass is 19.1. The van der Waals surface area contributed by atoms with Gasteiger partial charge < -0.3 is 20.7 Å². The number of benzene rings is 2. The molecule has 2 saturated heterocycles. The number of piperazine rings is 1. The van der Waals surface area contributed by atoms with Gasteiger partial charge in [-0.25, -0.2) is 14.4 Å². The van der Waals surface area contributed by atoms with Crippen molar-refractivity contribution in [1.82, 2.24) is 35.3 Å². The minimum Gasteiger partial charge on any atom is -0.457 e. The number of piperidine rings is 1. The van der Waals surface area contributed by atoms with Gasteiger partial charge in [0.1, 0.15) is 46.3 Å². The normalized spacial score (nSPS) is 18.1. The average molecular weight is 610 g/mol. The van der Waals surface area contributed by atoms with Gasteiger partial charge in [0.2, 0.25) is 0 Å². The van der Waals surface area contributed by atoms with Crippen LogP contribution in [0.5, 0.6) is 11.5 Å². The molecule has 2 aromatic carbocycles. The van der Waals surface area contributed by atoms with Crippen LogP contribution in [0.3, 0.4) is 0 Å². The standard InChI is InChI=1S/C33H36FN9O2/c1-33(2,43-15-12-37-13-16-43)18-22(19-35)32(44)42-14-6-7-21(20-42)30-38-29(36)27-28(40-41-31(27)39-30)25-11-10-24(17-26(25)34)45-23-8-4-3-5-9-23/h3-5,8-11,17-18,21,37H,6-7,12-16,20H2,1-2H3,(H3,36,38,39,40,41)/t21-/m1/s1. The molecule has 0 saturated carbocycles. The number of nitrogens with zero attached hydrogens (tertiary/aromatic N) is 6. The highest BCUT2D eigenvalue weighted by molar-refractivity contribution is 5.98. The molecular weight excluding hydrogens is 573 g/mol. The molecule has 45 heavy (non-hydrogen) atoms. The molecule has 6 rings (SSSR count). The molecule has 2 aliphatic heterocycles. The summed E-state index contributed by atoms with van der Waals surface area (Å²) in [6, 6.07) is 15.8. The summed E-state index contributed by atoms with van der Waals surface area (Å²) < 4.78 is 21.0. The molecule has 11 nitrogen and oxygen atoms in total. The molecule has 1 amide bonds. The molecule has 1 atom stereocenters. The van der Waals surface area contributed by atoms with E-state index < -0.39 is 11.4 Å². The van der Waals surface area contributed by atoms with Gasteiger partial charge in [-0.3, -0.25) is 14.8 Å². The minimum atomic E-state index is -0.525. The molecule has 0 spiro atoms. The fourth-order valence-electron chi connectivity index (χ4n) is 6.10. The molecule has 2 aromatic heterocycles. The van der Waals surface area contributed by atoms with E-state index in [9.17, 15) is 10.1 Å². The maximum Gasteiger partial charge on any atom is 0.264 e. The lowest BCUT2D eigenvalue weighted by atomic mass is 9.94. The summed E-state index contributed by atoms with van der Waals surface area (Å²) in [7, 11) is 0. The molecule has 0 bridgehead atoms. The fourth-order valence-corrected chi connectivity index (χ4v) is 6.10. The molecule has 4 N–H and O–H groups in total. The van der Waals surface area contributed by atoms with Crippen molar-refractivity contribution in [3.8, 4) is 28.8 Å². The number of anilines is 1. The second-order valence-corrected chi connectivity index (χ2v) is 12.0. The summed E-state index contributed by atoms with van der Waals surface area (Å²) in [4.78, 5) is 26.8. The number of likely N-dealkylation sites (tertiary alicyclic amines) is 1. The maximum absolute atomic E-state index is 15.3. The van der Waals surface area contributed by atoms with Gasteiger partial charge in [0.25, 0.3) is 5.91 Å². The molecule has 4 aromatic rings. The Morgan fingerprint density at radius 1 is 1.13 bits per heavy atom. The molecular formula is C33H36FN9O2. The minimum absolute atomic E-state index is 0.135. The third-order valence-electron chi connectivity index (χ3n) is 8.49. The largest absolute Gasteiger partial charge is 0.457 e. The van der Waals surface area contributed by atoms with Crippen LogP contribution in [-0.2, 0) is 4.79 Å². The van der Waals surface area contributed by atoms with Gasteiger partial charge in [-0.1, -0.05) is 18.2 Å². The van der Waals surface area contributed by atoms with Crippen molar-refractivity contribution >= 4 is 22.8 Å². The molecule has 4 heterocycles. The first kappa shape index (κ1) is 30.2. The monoisotopic (exact) mass is 609 g/mol. The van der Waals surface area contributed by atoms with E-state index >= 15 is 4.39 Å². The van der Waals surface area contributed by atoms with Crippen LogP contribution in [0.15, 0.2) is 60.2 Å². The Morgan fingerprint density at radius 3 is 2.64 bits per heavy atom. The number of amides is 1. The fraction of sp³-hybridized carbons (Fsp3) is 0.364.